The van der Waals surface area contributed by atoms with Crippen LogP contribution in [0.1, 0.15) is 62.7 Å². The highest BCUT2D eigenvalue weighted by molar-refractivity contribution is 5.92. The summed E-state index contributed by atoms with van der Waals surface area (Å²) in [5.74, 6) is 0.212. The second-order valence-corrected chi connectivity index (χ2v) is 6.54. The van der Waals surface area contributed by atoms with E-state index >= 15 is 0 Å². The summed E-state index contributed by atoms with van der Waals surface area (Å²) >= 11 is 0. The fourth-order valence-electron chi connectivity index (χ4n) is 3.10. The van der Waals surface area contributed by atoms with Gasteiger partial charge in [-0.3, -0.25) is 4.79 Å². The maximum Gasteiger partial charge on any atom is 0.339 e. The predicted molar refractivity (Wildman–Crippen MR) is 98.7 cm³/mol. The Morgan fingerprint density at radius 2 is 1.85 bits per heavy atom. The molecular formula is C20H29NO5. The zero-order chi connectivity index (χ0) is 18.9. The van der Waals surface area contributed by atoms with Crippen LogP contribution in [-0.2, 0) is 9.53 Å². The van der Waals surface area contributed by atoms with Gasteiger partial charge in [0.2, 0.25) is 0 Å². The lowest BCUT2D eigenvalue weighted by atomic mass is 10.1. The van der Waals surface area contributed by atoms with Gasteiger partial charge >= 0.3 is 5.97 Å². The van der Waals surface area contributed by atoms with E-state index in [0.29, 0.717) is 23.7 Å². The first-order valence-corrected chi connectivity index (χ1v) is 9.37. The van der Waals surface area contributed by atoms with Crippen molar-refractivity contribution in [3.63, 3.8) is 0 Å². The molecule has 1 N–H and O–H groups in total. The van der Waals surface area contributed by atoms with Gasteiger partial charge in [0.15, 0.2) is 17.6 Å². The van der Waals surface area contributed by atoms with E-state index in [1.54, 1.807) is 25.1 Å². The van der Waals surface area contributed by atoms with Crippen LogP contribution in [0.15, 0.2) is 18.2 Å². The lowest BCUT2D eigenvalue weighted by molar-refractivity contribution is -0.129. The summed E-state index contributed by atoms with van der Waals surface area (Å²) in [6, 6.07) is 5.00. The lowest BCUT2D eigenvalue weighted by Gasteiger charge is -2.20. The Labute approximate surface area is 155 Å². The van der Waals surface area contributed by atoms with E-state index in [2.05, 4.69) is 5.32 Å². The minimum Gasteiger partial charge on any atom is -0.493 e. The number of nitrogens with one attached hydrogen (secondary N) is 1. The van der Waals surface area contributed by atoms with Crippen LogP contribution in [0.4, 0.5) is 0 Å². The van der Waals surface area contributed by atoms with Gasteiger partial charge in [0.05, 0.1) is 19.3 Å². The molecule has 6 heteroatoms. The summed E-state index contributed by atoms with van der Waals surface area (Å²) in [5.41, 5.74) is 0.323. The average Bonchev–Trinajstić information content (AvgIpc) is 2.90. The van der Waals surface area contributed by atoms with Crippen LogP contribution in [0, 0.1) is 0 Å². The molecule has 26 heavy (non-hydrogen) atoms. The molecule has 0 aliphatic heterocycles. The Morgan fingerprint density at radius 3 is 2.46 bits per heavy atom. The zero-order valence-electron chi connectivity index (χ0n) is 15.9. The minimum atomic E-state index is -0.844. The molecule has 1 fully saturated rings. The molecule has 6 nitrogen and oxygen atoms in total. The molecule has 0 radical (unpaired) electrons. The average molecular weight is 363 g/mol. The van der Waals surface area contributed by atoms with Crippen LogP contribution in [0.25, 0.3) is 0 Å². The number of methoxy groups -OCH3 is 1. The van der Waals surface area contributed by atoms with Gasteiger partial charge in [0.25, 0.3) is 5.91 Å². The SMILES string of the molecule is CCOc1cc(C(=O)O[C@H](C)C(=O)NC2CCCCCC2)ccc1OC. The monoisotopic (exact) mass is 363 g/mol. The number of ether oxygens (including phenoxy) is 3. The number of hydrogen-bond donors (Lipinski definition) is 1. The van der Waals surface area contributed by atoms with Crippen LogP contribution in [-0.4, -0.2) is 37.7 Å². The molecule has 0 saturated heterocycles. The number of hydrogen-bond acceptors (Lipinski definition) is 5. The topological polar surface area (TPSA) is 73.9 Å². The summed E-state index contributed by atoms with van der Waals surface area (Å²) in [6.45, 7) is 3.90. The predicted octanol–water partition coefficient (Wildman–Crippen LogP) is 3.48. The standard InChI is InChI=1S/C20H29NO5/c1-4-25-18-13-15(11-12-17(18)24-3)20(23)26-14(2)19(22)21-16-9-7-5-6-8-10-16/h11-14,16H,4-10H2,1-3H3,(H,21,22)/t14-/m1/s1. The van der Waals surface area contributed by atoms with Crippen molar-refractivity contribution in [2.24, 2.45) is 0 Å². The van der Waals surface area contributed by atoms with Crippen LogP contribution < -0.4 is 14.8 Å². The molecule has 144 valence electrons. The molecule has 1 atom stereocenters. The first-order chi connectivity index (χ1) is 12.5. The quantitative estimate of drug-likeness (QED) is 0.593. The highest BCUT2D eigenvalue weighted by Gasteiger charge is 2.23. The maximum absolute atomic E-state index is 12.4. The number of rotatable bonds is 7. The Bertz CT molecular complexity index is 608. The van der Waals surface area contributed by atoms with Gasteiger partial charge < -0.3 is 19.5 Å². The van der Waals surface area contributed by atoms with Crippen molar-refractivity contribution in [3.05, 3.63) is 23.8 Å². The number of esters is 1. The van der Waals surface area contributed by atoms with Crippen LogP contribution in [0.5, 0.6) is 11.5 Å². The summed E-state index contributed by atoms with van der Waals surface area (Å²) in [5, 5.41) is 3.00. The fraction of sp³-hybridized carbons (Fsp3) is 0.600. The zero-order valence-corrected chi connectivity index (χ0v) is 15.9. The number of amides is 1. The van der Waals surface area contributed by atoms with Gasteiger partial charge in [0.1, 0.15) is 0 Å². The van der Waals surface area contributed by atoms with Crippen LogP contribution in [0.3, 0.4) is 0 Å². The third-order valence-corrected chi connectivity index (χ3v) is 4.55. The molecule has 1 amide bonds. The van der Waals surface area contributed by atoms with Gasteiger partial charge in [-0.25, -0.2) is 4.79 Å². The molecule has 1 saturated carbocycles. The van der Waals surface area contributed by atoms with E-state index in [-0.39, 0.29) is 11.9 Å². The molecule has 1 aromatic rings. The van der Waals surface area contributed by atoms with E-state index in [1.165, 1.54) is 20.0 Å². The van der Waals surface area contributed by atoms with Gasteiger partial charge in [-0.1, -0.05) is 25.7 Å². The summed E-state index contributed by atoms with van der Waals surface area (Å²) in [4.78, 5) is 24.7. The molecule has 1 aliphatic carbocycles. The fourth-order valence-corrected chi connectivity index (χ4v) is 3.10. The van der Waals surface area contributed by atoms with Gasteiger partial charge in [-0.2, -0.15) is 0 Å². The maximum atomic E-state index is 12.4. The normalized spacial score (nSPS) is 16.3. The van der Waals surface area contributed by atoms with Crippen molar-refractivity contribution in [2.45, 2.75) is 64.5 Å². The first-order valence-electron chi connectivity index (χ1n) is 9.37. The highest BCUT2D eigenvalue weighted by Crippen LogP contribution is 2.28. The molecule has 0 aromatic heterocycles. The molecule has 0 unspecified atom stereocenters. The second-order valence-electron chi connectivity index (χ2n) is 6.54. The smallest absolute Gasteiger partial charge is 0.339 e. The van der Waals surface area contributed by atoms with E-state index in [9.17, 15) is 9.59 Å². The second kappa shape index (κ2) is 10.0. The summed E-state index contributed by atoms with van der Waals surface area (Å²) in [7, 11) is 1.54. The van der Waals surface area contributed by atoms with Gasteiger partial charge in [-0.05, 0) is 44.9 Å². The Hall–Kier alpha value is -2.24. The Morgan fingerprint density at radius 1 is 1.15 bits per heavy atom. The third kappa shape index (κ3) is 5.64. The molecule has 1 aromatic carbocycles. The van der Waals surface area contributed by atoms with Crippen molar-refractivity contribution in [1.82, 2.24) is 5.32 Å². The van der Waals surface area contributed by atoms with E-state index in [4.69, 9.17) is 14.2 Å². The lowest BCUT2D eigenvalue weighted by Crippen LogP contribution is -2.41. The van der Waals surface area contributed by atoms with Crippen molar-refractivity contribution in [2.75, 3.05) is 13.7 Å². The van der Waals surface area contributed by atoms with Crippen molar-refractivity contribution >= 4 is 11.9 Å². The van der Waals surface area contributed by atoms with Crippen molar-refractivity contribution < 1.29 is 23.8 Å². The van der Waals surface area contributed by atoms with Gasteiger partial charge in [0, 0.05) is 6.04 Å². The molecule has 0 bridgehead atoms. The largest absolute Gasteiger partial charge is 0.493 e. The molecule has 0 spiro atoms. The van der Waals surface area contributed by atoms with Crippen molar-refractivity contribution in [1.29, 1.82) is 0 Å². The molecule has 1 aliphatic rings. The Kier molecular flexibility index (Phi) is 7.75. The first kappa shape index (κ1) is 20.1. The highest BCUT2D eigenvalue weighted by atomic mass is 16.5. The summed E-state index contributed by atoms with van der Waals surface area (Å²) in [6.07, 6.45) is 5.83. The number of carbonyl (C=O) groups excluding carboxylic acids is 2. The molecular weight excluding hydrogens is 334 g/mol. The number of benzene rings is 1. The van der Waals surface area contributed by atoms with E-state index < -0.39 is 12.1 Å². The van der Waals surface area contributed by atoms with E-state index in [0.717, 1.165) is 25.7 Å². The van der Waals surface area contributed by atoms with Crippen molar-refractivity contribution in [3.8, 4) is 11.5 Å². The van der Waals surface area contributed by atoms with E-state index in [1.807, 2.05) is 6.92 Å². The molecule has 0 heterocycles. The van der Waals surface area contributed by atoms with Gasteiger partial charge in [-0.15, -0.1) is 0 Å². The molecule has 2 rings (SSSR count). The number of carbonyl (C=O) groups is 2. The third-order valence-electron chi connectivity index (χ3n) is 4.55. The Balaban J connectivity index is 1.95. The van der Waals surface area contributed by atoms with Crippen LogP contribution >= 0.6 is 0 Å². The summed E-state index contributed by atoms with van der Waals surface area (Å²) < 4.78 is 16.0. The minimum absolute atomic E-state index is 0.177. The van der Waals surface area contributed by atoms with Crippen LogP contribution in [0.2, 0.25) is 0 Å².